The van der Waals surface area contributed by atoms with Crippen LogP contribution >= 0.6 is 35.0 Å². The van der Waals surface area contributed by atoms with Gasteiger partial charge >= 0.3 is 0 Å². The highest BCUT2D eigenvalue weighted by Crippen LogP contribution is 2.25. The minimum Gasteiger partial charge on any atom is -0.464 e. The van der Waals surface area contributed by atoms with Crippen molar-refractivity contribution in [1.82, 2.24) is 19.5 Å². The SMILES string of the molecule is Cc1ccc(CN(C)C(=O)CSc2nnc3c(Cl)cc(Cl)cn23)o1. The van der Waals surface area contributed by atoms with Crippen molar-refractivity contribution in [2.24, 2.45) is 0 Å². The van der Waals surface area contributed by atoms with E-state index in [-0.39, 0.29) is 11.7 Å². The zero-order valence-electron chi connectivity index (χ0n) is 13.0. The lowest BCUT2D eigenvalue weighted by molar-refractivity contribution is -0.127. The summed E-state index contributed by atoms with van der Waals surface area (Å²) in [6.45, 7) is 2.29. The number of pyridine rings is 1. The van der Waals surface area contributed by atoms with Gasteiger partial charge in [-0.2, -0.15) is 0 Å². The summed E-state index contributed by atoms with van der Waals surface area (Å²) in [6.07, 6.45) is 1.67. The number of aryl methyl sites for hydroxylation is 1. The summed E-state index contributed by atoms with van der Waals surface area (Å²) in [5.74, 6) is 1.75. The monoisotopic (exact) mass is 384 g/mol. The van der Waals surface area contributed by atoms with Crippen LogP contribution in [0.25, 0.3) is 5.65 Å². The van der Waals surface area contributed by atoms with E-state index in [1.54, 1.807) is 28.6 Å². The van der Waals surface area contributed by atoms with E-state index < -0.39 is 0 Å². The van der Waals surface area contributed by atoms with Gasteiger partial charge in [0.1, 0.15) is 11.5 Å². The van der Waals surface area contributed by atoms with Gasteiger partial charge in [-0.15, -0.1) is 10.2 Å². The first kappa shape index (κ1) is 17.1. The molecule has 126 valence electrons. The maximum absolute atomic E-state index is 12.3. The molecule has 0 bridgehead atoms. The third kappa shape index (κ3) is 3.68. The molecule has 0 aliphatic carbocycles. The van der Waals surface area contributed by atoms with Crippen LogP contribution in [0.2, 0.25) is 10.0 Å². The quantitative estimate of drug-likeness (QED) is 0.627. The lowest BCUT2D eigenvalue weighted by Crippen LogP contribution is -2.27. The van der Waals surface area contributed by atoms with Gasteiger partial charge in [0.2, 0.25) is 5.91 Å². The van der Waals surface area contributed by atoms with Gasteiger partial charge in [0, 0.05) is 13.2 Å². The molecule has 6 nitrogen and oxygen atoms in total. The maximum Gasteiger partial charge on any atom is 0.233 e. The maximum atomic E-state index is 12.3. The Morgan fingerprint density at radius 1 is 1.38 bits per heavy atom. The molecule has 0 spiro atoms. The Bertz CT molecular complexity index is 893. The Kier molecular flexibility index (Phi) is 5.03. The molecule has 3 heterocycles. The molecular formula is C15H14Cl2N4O2S. The highest BCUT2D eigenvalue weighted by molar-refractivity contribution is 7.99. The smallest absolute Gasteiger partial charge is 0.233 e. The van der Waals surface area contributed by atoms with Crippen LogP contribution in [0.3, 0.4) is 0 Å². The largest absolute Gasteiger partial charge is 0.464 e. The van der Waals surface area contributed by atoms with E-state index in [1.807, 2.05) is 19.1 Å². The van der Waals surface area contributed by atoms with E-state index in [4.69, 9.17) is 27.6 Å². The second-order valence-electron chi connectivity index (χ2n) is 5.23. The third-order valence-corrected chi connectivity index (χ3v) is 4.75. The summed E-state index contributed by atoms with van der Waals surface area (Å²) in [6, 6.07) is 5.34. The number of halogens is 2. The van der Waals surface area contributed by atoms with Crippen LogP contribution in [-0.2, 0) is 11.3 Å². The minimum absolute atomic E-state index is 0.0427. The number of carbonyl (C=O) groups is 1. The fraction of sp³-hybridized carbons (Fsp3) is 0.267. The Morgan fingerprint density at radius 2 is 2.17 bits per heavy atom. The molecule has 0 aromatic carbocycles. The second kappa shape index (κ2) is 7.04. The molecular weight excluding hydrogens is 371 g/mol. The van der Waals surface area contributed by atoms with E-state index in [9.17, 15) is 4.79 Å². The summed E-state index contributed by atoms with van der Waals surface area (Å²) in [4.78, 5) is 13.9. The first-order chi connectivity index (χ1) is 11.4. The van der Waals surface area contributed by atoms with Gasteiger partial charge < -0.3 is 9.32 Å². The van der Waals surface area contributed by atoms with Gasteiger partial charge in [-0.1, -0.05) is 35.0 Å². The summed E-state index contributed by atoms with van der Waals surface area (Å²) >= 11 is 13.4. The number of nitrogens with zero attached hydrogens (tertiary/aromatic N) is 4. The van der Waals surface area contributed by atoms with Crippen molar-refractivity contribution in [2.45, 2.75) is 18.6 Å². The lowest BCUT2D eigenvalue weighted by Gasteiger charge is -2.15. The molecule has 0 saturated carbocycles. The van der Waals surface area contributed by atoms with Crippen LogP contribution in [0.15, 0.2) is 34.0 Å². The van der Waals surface area contributed by atoms with Gasteiger partial charge in [0.05, 0.1) is 22.3 Å². The van der Waals surface area contributed by atoms with Crippen molar-refractivity contribution in [2.75, 3.05) is 12.8 Å². The number of thioether (sulfide) groups is 1. The van der Waals surface area contributed by atoms with Crippen molar-refractivity contribution in [3.8, 4) is 0 Å². The van der Waals surface area contributed by atoms with Crippen molar-refractivity contribution in [1.29, 1.82) is 0 Å². The average molecular weight is 385 g/mol. The molecule has 0 saturated heterocycles. The highest BCUT2D eigenvalue weighted by Gasteiger charge is 2.15. The Hall–Kier alpha value is -1.70. The number of fused-ring (bicyclic) bond motifs is 1. The Balaban J connectivity index is 1.66. The molecule has 0 fully saturated rings. The van der Waals surface area contributed by atoms with Crippen LogP contribution in [0.1, 0.15) is 11.5 Å². The van der Waals surface area contributed by atoms with Crippen molar-refractivity contribution in [3.05, 3.63) is 46.0 Å². The standard InChI is InChI=1S/C15H14Cl2N4O2S/c1-9-3-4-11(23-9)7-20(2)13(22)8-24-15-19-18-14-12(17)5-10(16)6-21(14)15/h3-6H,7-8H2,1-2H3. The van der Waals surface area contributed by atoms with Crippen molar-refractivity contribution < 1.29 is 9.21 Å². The minimum atomic E-state index is -0.0427. The Morgan fingerprint density at radius 3 is 2.88 bits per heavy atom. The topological polar surface area (TPSA) is 63.6 Å². The van der Waals surface area contributed by atoms with Gasteiger partial charge in [0.15, 0.2) is 10.8 Å². The summed E-state index contributed by atoms with van der Waals surface area (Å²) in [7, 11) is 1.73. The molecule has 3 rings (SSSR count). The second-order valence-corrected chi connectivity index (χ2v) is 7.02. The number of aromatic nitrogens is 3. The zero-order valence-corrected chi connectivity index (χ0v) is 15.3. The van der Waals surface area contributed by atoms with Gasteiger partial charge in [-0.05, 0) is 25.1 Å². The molecule has 3 aromatic heterocycles. The molecule has 24 heavy (non-hydrogen) atoms. The van der Waals surface area contributed by atoms with Crippen LogP contribution in [0.4, 0.5) is 0 Å². The number of amides is 1. The Labute approximate surface area is 152 Å². The number of hydrogen-bond acceptors (Lipinski definition) is 5. The zero-order chi connectivity index (χ0) is 17.3. The third-order valence-electron chi connectivity index (χ3n) is 3.33. The van der Waals surface area contributed by atoms with E-state index >= 15 is 0 Å². The van der Waals surface area contributed by atoms with Crippen molar-refractivity contribution >= 4 is 46.5 Å². The van der Waals surface area contributed by atoms with Gasteiger partial charge in [-0.25, -0.2) is 0 Å². The molecule has 1 amide bonds. The van der Waals surface area contributed by atoms with E-state index in [1.165, 1.54) is 11.8 Å². The van der Waals surface area contributed by atoms with Crippen LogP contribution in [0.5, 0.6) is 0 Å². The first-order valence-electron chi connectivity index (χ1n) is 7.06. The molecule has 0 N–H and O–H groups in total. The highest BCUT2D eigenvalue weighted by atomic mass is 35.5. The van der Waals surface area contributed by atoms with Gasteiger partial charge in [-0.3, -0.25) is 9.20 Å². The molecule has 0 aliphatic heterocycles. The van der Waals surface area contributed by atoms with E-state index in [0.29, 0.717) is 27.4 Å². The molecule has 0 radical (unpaired) electrons. The summed E-state index contributed by atoms with van der Waals surface area (Å²) in [5, 5.41) is 9.53. The molecule has 3 aromatic rings. The lowest BCUT2D eigenvalue weighted by atomic mass is 10.4. The number of hydrogen-bond donors (Lipinski definition) is 0. The summed E-state index contributed by atoms with van der Waals surface area (Å²) < 4.78 is 7.16. The summed E-state index contributed by atoms with van der Waals surface area (Å²) in [5.41, 5.74) is 0.510. The molecule has 0 aliphatic rings. The predicted octanol–water partition coefficient (Wildman–Crippen LogP) is 3.69. The van der Waals surface area contributed by atoms with E-state index in [0.717, 1.165) is 11.5 Å². The average Bonchev–Trinajstić information content (AvgIpc) is 3.11. The molecule has 0 atom stereocenters. The number of furan rings is 1. The predicted molar refractivity (Wildman–Crippen MR) is 93.7 cm³/mol. The fourth-order valence-corrected chi connectivity index (χ4v) is 3.49. The van der Waals surface area contributed by atoms with Gasteiger partial charge in [0.25, 0.3) is 0 Å². The molecule has 9 heteroatoms. The van der Waals surface area contributed by atoms with Crippen LogP contribution in [-0.4, -0.2) is 38.2 Å². The number of carbonyl (C=O) groups excluding carboxylic acids is 1. The van der Waals surface area contributed by atoms with Crippen LogP contribution < -0.4 is 0 Å². The number of rotatable bonds is 5. The van der Waals surface area contributed by atoms with Crippen LogP contribution in [0, 0.1) is 6.92 Å². The van der Waals surface area contributed by atoms with Crippen molar-refractivity contribution in [3.63, 3.8) is 0 Å². The first-order valence-corrected chi connectivity index (χ1v) is 8.80. The fourth-order valence-electron chi connectivity index (χ4n) is 2.13. The van der Waals surface area contributed by atoms with E-state index in [2.05, 4.69) is 10.2 Å². The normalized spacial score (nSPS) is 11.2. The molecule has 0 unspecified atom stereocenters.